The average Bonchev–Trinajstić information content (AvgIpc) is 2.71. The van der Waals surface area contributed by atoms with Crippen LogP contribution in [0.1, 0.15) is 23.4 Å². The van der Waals surface area contributed by atoms with Crippen molar-refractivity contribution in [2.45, 2.75) is 36.3 Å². The van der Waals surface area contributed by atoms with Gasteiger partial charge in [-0.05, 0) is 37.3 Å². The van der Waals surface area contributed by atoms with Gasteiger partial charge < -0.3 is 10.1 Å². The molecule has 1 aliphatic heterocycles. The molecule has 6 nitrogen and oxygen atoms in total. The number of halogens is 3. The highest BCUT2D eigenvalue weighted by Crippen LogP contribution is 2.40. The van der Waals surface area contributed by atoms with Gasteiger partial charge in [0.25, 0.3) is 0 Å². The summed E-state index contributed by atoms with van der Waals surface area (Å²) in [5.41, 5.74) is 1.78. The third kappa shape index (κ3) is 4.63. The maximum absolute atomic E-state index is 12.9. The number of anilines is 1. The first-order chi connectivity index (χ1) is 14.7. The van der Waals surface area contributed by atoms with E-state index in [4.69, 9.17) is 4.74 Å². The molecule has 4 rings (SSSR count). The number of ether oxygens (including phenoxy) is 1. The van der Waals surface area contributed by atoms with Crippen LogP contribution in [0.15, 0.2) is 47.4 Å². The quantitative estimate of drug-likeness (QED) is 0.593. The molecule has 1 amide bonds. The van der Waals surface area contributed by atoms with Gasteiger partial charge in [-0.25, -0.2) is 9.97 Å². The van der Waals surface area contributed by atoms with Crippen molar-refractivity contribution in [1.82, 2.24) is 9.97 Å². The molecule has 1 atom stereocenters. The van der Waals surface area contributed by atoms with Gasteiger partial charge in [-0.15, -0.1) is 11.8 Å². The summed E-state index contributed by atoms with van der Waals surface area (Å²) in [6.07, 6.45) is -4.73. The SMILES string of the molecule is Cc1nc2ccccc2nc1COC(=O)CC1Sc2ccc(C(F)(F)F)cc2NC1=O. The Morgan fingerprint density at radius 2 is 1.87 bits per heavy atom. The van der Waals surface area contributed by atoms with Gasteiger partial charge in [-0.1, -0.05) is 12.1 Å². The maximum Gasteiger partial charge on any atom is 0.416 e. The van der Waals surface area contributed by atoms with E-state index in [0.717, 1.165) is 29.4 Å². The summed E-state index contributed by atoms with van der Waals surface area (Å²) in [6.45, 7) is 1.67. The second-order valence-corrected chi connectivity index (χ2v) is 8.16. The molecular weight excluding hydrogens is 431 g/mol. The molecule has 0 aliphatic carbocycles. The van der Waals surface area contributed by atoms with Crippen molar-refractivity contribution in [1.29, 1.82) is 0 Å². The molecule has 160 valence electrons. The van der Waals surface area contributed by atoms with Crippen LogP contribution in [0.3, 0.4) is 0 Å². The largest absolute Gasteiger partial charge is 0.459 e. The molecule has 1 unspecified atom stereocenters. The van der Waals surface area contributed by atoms with Crippen molar-refractivity contribution < 1.29 is 27.5 Å². The summed E-state index contributed by atoms with van der Waals surface area (Å²) in [7, 11) is 0. The number of amides is 1. The Morgan fingerprint density at radius 3 is 2.58 bits per heavy atom. The number of nitrogens with zero attached hydrogens (tertiary/aromatic N) is 2. The molecule has 0 radical (unpaired) electrons. The lowest BCUT2D eigenvalue weighted by Gasteiger charge is -2.24. The fraction of sp³-hybridized carbons (Fsp3) is 0.238. The van der Waals surface area contributed by atoms with Gasteiger partial charge in [0.2, 0.25) is 5.91 Å². The van der Waals surface area contributed by atoms with E-state index in [9.17, 15) is 22.8 Å². The molecule has 1 aliphatic rings. The fourth-order valence-corrected chi connectivity index (χ4v) is 4.16. The third-order valence-corrected chi connectivity index (χ3v) is 5.97. The number of esters is 1. The first kappa shape index (κ1) is 21.1. The Morgan fingerprint density at radius 1 is 1.16 bits per heavy atom. The van der Waals surface area contributed by atoms with Gasteiger partial charge in [0.1, 0.15) is 6.61 Å². The summed E-state index contributed by atoms with van der Waals surface area (Å²) < 4.78 is 43.8. The molecule has 3 aromatic rings. The van der Waals surface area contributed by atoms with E-state index < -0.39 is 28.9 Å². The lowest BCUT2D eigenvalue weighted by Crippen LogP contribution is -2.31. The van der Waals surface area contributed by atoms with E-state index in [1.165, 1.54) is 6.07 Å². The first-order valence-electron chi connectivity index (χ1n) is 9.27. The Kier molecular flexibility index (Phi) is 5.57. The van der Waals surface area contributed by atoms with Crippen molar-refractivity contribution >= 4 is 40.4 Å². The topological polar surface area (TPSA) is 81.2 Å². The zero-order valence-electron chi connectivity index (χ0n) is 16.2. The standard InChI is InChI=1S/C21H16F3N3O3S/c1-11-16(26-14-5-3-2-4-13(14)25-11)10-30-19(28)9-18-20(29)27-15-8-12(21(22,23)24)6-7-17(15)31-18/h2-8,18H,9-10H2,1H3,(H,27,29). The highest BCUT2D eigenvalue weighted by molar-refractivity contribution is 8.01. The van der Waals surface area contributed by atoms with E-state index in [1.54, 1.807) is 13.0 Å². The minimum atomic E-state index is -4.51. The minimum Gasteiger partial charge on any atom is -0.459 e. The highest BCUT2D eigenvalue weighted by Gasteiger charge is 2.34. The lowest BCUT2D eigenvalue weighted by atomic mass is 10.1. The second-order valence-electron chi connectivity index (χ2n) is 6.91. The summed E-state index contributed by atoms with van der Waals surface area (Å²) in [4.78, 5) is 33.9. The Labute approximate surface area is 179 Å². The molecular formula is C21H16F3N3O3S. The van der Waals surface area contributed by atoms with Crippen LogP contribution in [-0.2, 0) is 27.1 Å². The summed E-state index contributed by atoms with van der Waals surface area (Å²) >= 11 is 1.03. The van der Waals surface area contributed by atoms with E-state index in [-0.39, 0.29) is 18.7 Å². The number of alkyl halides is 3. The monoisotopic (exact) mass is 447 g/mol. The van der Waals surface area contributed by atoms with E-state index in [2.05, 4.69) is 15.3 Å². The van der Waals surface area contributed by atoms with Crippen molar-refractivity contribution in [3.8, 4) is 0 Å². The van der Waals surface area contributed by atoms with Crippen molar-refractivity contribution in [2.24, 2.45) is 0 Å². The number of carbonyl (C=O) groups is 2. The van der Waals surface area contributed by atoms with Gasteiger partial charge in [0, 0.05) is 4.90 Å². The minimum absolute atomic E-state index is 0.0801. The van der Waals surface area contributed by atoms with E-state index in [1.807, 2.05) is 18.2 Å². The molecule has 0 fully saturated rings. The number of fused-ring (bicyclic) bond motifs is 2. The number of nitrogens with one attached hydrogen (secondary N) is 1. The number of thioether (sulfide) groups is 1. The Bertz CT molecular complexity index is 1180. The van der Waals surface area contributed by atoms with Crippen molar-refractivity contribution in [3.63, 3.8) is 0 Å². The van der Waals surface area contributed by atoms with Gasteiger partial charge in [0.05, 0.1) is 45.3 Å². The number of hydrogen-bond acceptors (Lipinski definition) is 6. The predicted molar refractivity (Wildman–Crippen MR) is 108 cm³/mol. The maximum atomic E-state index is 12.9. The number of carbonyl (C=O) groups excluding carboxylic acids is 2. The smallest absolute Gasteiger partial charge is 0.416 e. The molecule has 0 spiro atoms. The molecule has 0 saturated carbocycles. The molecule has 2 heterocycles. The number of aryl methyl sites for hydroxylation is 1. The zero-order chi connectivity index (χ0) is 22.2. The van der Waals surface area contributed by atoms with Gasteiger partial charge in [-0.3, -0.25) is 9.59 Å². The normalized spacial score (nSPS) is 16.0. The third-order valence-electron chi connectivity index (χ3n) is 4.69. The van der Waals surface area contributed by atoms with Crippen LogP contribution < -0.4 is 5.32 Å². The van der Waals surface area contributed by atoms with Crippen LogP contribution in [0.25, 0.3) is 11.0 Å². The second kappa shape index (κ2) is 8.18. The van der Waals surface area contributed by atoms with Crippen LogP contribution in [0, 0.1) is 6.92 Å². The molecule has 0 saturated heterocycles. The Balaban J connectivity index is 1.40. The molecule has 1 aromatic heterocycles. The number of benzene rings is 2. The highest BCUT2D eigenvalue weighted by atomic mass is 32.2. The number of hydrogen-bond donors (Lipinski definition) is 1. The lowest BCUT2D eigenvalue weighted by molar-refractivity contribution is -0.145. The van der Waals surface area contributed by atoms with Crippen molar-refractivity contribution in [2.75, 3.05) is 5.32 Å². The van der Waals surface area contributed by atoms with E-state index >= 15 is 0 Å². The molecule has 2 aromatic carbocycles. The zero-order valence-corrected chi connectivity index (χ0v) is 17.0. The number of para-hydroxylation sites is 2. The average molecular weight is 447 g/mol. The molecule has 31 heavy (non-hydrogen) atoms. The fourth-order valence-electron chi connectivity index (χ4n) is 3.08. The molecule has 1 N–H and O–H groups in total. The molecule has 10 heteroatoms. The van der Waals surface area contributed by atoms with Gasteiger partial charge >= 0.3 is 12.1 Å². The summed E-state index contributed by atoms with van der Waals surface area (Å²) in [5, 5.41) is 1.64. The van der Waals surface area contributed by atoms with Crippen LogP contribution in [0.5, 0.6) is 0 Å². The first-order valence-corrected chi connectivity index (χ1v) is 10.2. The number of aromatic nitrogens is 2. The number of rotatable bonds is 4. The Hall–Kier alpha value is -3.14. The van der Waals surface area contributed by atoms with Crippen LogP contribution >= 0.6 is 11.8 Å². The van der Waals surface area contributed by atoms with Gasteiger partial charge in [0.15, 0.2) is 0 Å². The molecule has 0 bridgehead atoms. The van der Waals surface area contributed by atoms with Gasteiger partial charge in [-0.2, -0.15) is 13.2 Å². The predicted octanol–water partition coefficient (Wildman–Crippen LogP) is 4.50. The summed E-state index contributed by atoms with van der Waals surface area (Å²) in [6, 6.07) is 10.4. The van der Waals surface area contributed by atoms with Crippen molar-refractivity contribution in [3.05, 3.63) is 59.4 Å². The van der Waals surface area contributed by atoms with E-state index in [0.29, 0.717) is 21.8 Å². The summed E-state index contributed by atoms with van der Waals surface area (Å²) in [5.74, 6) is -1.16. The van der Waals surface area contributed by atoms with Crippen LogP contribution in [0.2, 0.25) is 0 Å². The van der Waals surface area contributed by atoms with Crippen LogP contribution in [0.4, 0.5) is 18.9 Å². The van der Waals surface area contributed by atoms with Crippen LogP contribution in [-0.4, -0.2) is 27.1 Å².